The van der Waals surface area contributed by atoms with Crippen LogP contribution in [0, 0.1) is 12.3 Å². The van der Waals surface area contributed by atoms with E-state index in [2.05, 4.69) is 9.97 Å². The summed E-state index contributed by atoms with van der Waals surface area (Å²) >= 11 is 0. The number of nitrogens with zero attached hydrogens (tertiary/aromatic N) is 3. The van der Waals surface area contributed by atoms with Crippen molar-refractivity contribution < 1.29 is 9.59 Å². The second-order valence-corrected chi connectivity index (χ2v) is 8.03. The minimum atomic E-state index is 0.00562. The van der Waals surface area contributed by atoms with E-state index in [1.54, 1.807) is 6.20 Å². The van der Waals surface area contributed by atoms with Crippen molar-refractivity contribution in [3.63, 3.8) is 0 Å². The number of likely N-dealkylation sites (tertiary alicyclic amines) is 2. The summed E-state index contributed by atoms with van der Waals surface area (Å²) in [5, 5.41) is 0. The molecule has 0 bridgehead atoms. The Morgan fingerprint density at radius 1 is 1.33 bits per heavy atom. The number of piperidine rings is 2. The number of rotatable bonds is 3. The Labute approximate surface area is 159 Å². The van der Waals surface area contributed by atoms with Gasteiger partial charge in [0.1, 0.15) is 5.69 Å². The fourth-order valence-corrected chi connectivity index (χ4v) is 4.47. The van der Waals surface area contributed by atoms with E-state index >= 15 is 0 Å². The molecule has 2 saturated heterocycles. The van der Waals surface area contributed by atoms with Crippen molar-refractivity contribution in [1.29, 1.82) is 0 Å². The Hall–Kier alpha value is -2.63. The van der Waals surface area contributed by atoms with Crippen molar-refractivity contribution in [2.75, 3.05) is 19.6 Å². The lowest BCUT2D eigenvalue weighted by atomic mass is 9.73. The molecule has 6 nitrogen and oxygen atoms in total. The van der Waals surface area contributed by atoms with E-state index in [0.29, 0.717) is 25.2 Å². The van der Waals surface area contributed by atoms with Gasteiger partial charge in [0.05, 0.1) is 0 Å². The molecule has 142 valence electrons. The lowest BCUT2D eigenvalue weighted by molar-refractivity contribution is -0.139. The highest BCUT2D eigenvalue weighted by molar-refractivity contribution is 5.92. The molecule has 0 aromatic carbocycles. The molecule has 4 rings (SSSR count). The Morgan fingerprint density at radius 3 is 2.96 bits per heavy atom. The summed E-state index contributed by atoms with van der Waals surface area (Å²) in [7, 11) is 0. The van der Waals surface area contributed by atoms with E-state index in [1.807, 2.05) is 47.3 Å². The molecule has 2 fully saturated rings. The zero-order valence-electron chi connectivity index (χ0n) is 15.8. The van der Waals surface area contributed by atoms with E-state index < -0.39 is 0 Å². The van der Waals surface area contributed by atoms with E-state index in [-0.39, 0.29) is 17.2 Å². The summed E-state index contributed by atoms with van der Waals surface area (Å²) in [5.41, 5.74) is 2.78. The third-order valence-electron chi connectivity index (χ3n) is 5.85. The summed E-state index contributed by atoms with van der Waals surface area (Å²) in [6.45, 7) is 4.80. The van der Waals surface area contributed by atoms with Crippen LogP contribution in [0.15, 0.2) is 36.8 Å². The summed E-state index contributed by atoms with van der Waals surface area (Å²) < 4.78 is 0. The average Bonchev–Trinajstić information content (AvgIpc) is 3.12. The van der Waals surface area contributed by atoms with Gasteiger partial charge in [-0.3, -0.25) is 14.6 Å². The van der Waals surface area contributed by atoms with Gasteiger partial charge in [0.25, 0.3) is 5.91 Å². The minimum Gasteiger partial charge on any atom is -0.357 e. The maximum atomic E-state index is 12.9. The van der Waals surface area contributed by atoms with Gasteiger partial charge in [0.2, 0.25) is 5.91 Å². The van der Waals surface area contributed by atoms with Crippen LogP contribution < -0.4 is 0 Å². The standard InChI is InChI=1S/C21H26N4O2/c1-16-10-18(23-11-16)20(27)24-9-3-6-21(14-24)7-5-19(26)25(15-21)13-17-4-2-8-22-12-17/h2,4,8,10-12,23H,3,5-7,9,13-15H2,1H3/t21-/m0/s1. The van der Waals surface area contributed by atoms with Crippen molar-refractivity contribution >= 4 is 11.8 Å². The highest BCUT2D eigenvalue weighted by atomic mass is 16.2. The molecule has 2 amide bonds. The van der Waals surface area contributed by atoms with Gasteiger partial charge in [-0.2, -0.15) is 0 Å². The van der Waals surface area contributed by atoms with Crippen LogP contribution in [0.3, 0.4) is 0 Å². The Kier molecular flexibility index (Phi) is 4.72. The number of aryl methyl sites for hydroxylation is 1. The third kappa shape index (κ3) is 3.75. The molecule has 0 aliphatic carbocycles. The van der Waals surface area contributed by atoms with Crippen molar-refractivity contribution in [3.05, 3.63) is 53.6 Å². The number of amides is 2. The second-order valence-electron chi connectivity index (χ2n) is 8.03. The number of aromatic amines is 1. The smallest absolute Gasteiger partial charge is 0.270 e. The van der Waals surface area contributed by atoms with Crippen LogP contribution in [-0.4, -0.2) is 51.2 Å². The predicted molar refractivity (Wildman–Crippen MR) is 102 cm³/mol. The molecule has 2 aromatic rings. The topological polar surface area (TPSA) is 69.3 Å². The molecule has 6 heteroatoms. The summed E-state index contributed by atoms with van der Waals surface area (Å²) in [5.74, 6) is 0.269. The van der Waals surface area contributed by atoms with Crippen molar-refractivity contribution in [3.8, 4) is 0 Å². The van der Waals surface area contributed by atoms with Crippen LogP contribution in [0.4, 0.5) is 0 Å². The normalized spacial score (nSPS) is 23.1. The SMILES string of the molecule is Cc1c[nH]c(C(=O)N2CCC[C@]3(CCC(=O)N(Cc4cccnc4)C3)C2)c1. The fourth-order valence-electron chi connectivity index (χ4n) is 4.47. The van der Waals surface area contributed by atoms with Crippen LogP contribution in [0.5, 0.6) is 0 Å². The number of hydrogen-bond donors (Lipinski definition) is 1. The van der Waals surface area contributed by atoms with Crippen molar-refractivity contribution in [1.82, 2.24) is 19.8 Å². The molecule has 2 aliphatic rings. The van der Waals surface area contributed by atoms with Gasteiger partial charge < -0.3 is 14.8 Å². The molecule has 0 unspecified atom stereocenters. The zero-order chi connectivity index (χ0) is 18.9. The highest BCUT2D eigenvalue weighted by Gasteiger charge is 2.42. The molecule has 0 saturated carbocycles. The maximum Gasteiger partial charge on any atom is 0.270 e. The molecule has 27 heavy (non-hydrogen) atoms. The monoisotopic (exact) mass is 366 g/mol. The summed E-state index contributed by atoms with van der Waals surface area (Å²) in [6, 6.07) is 5.81. The van der Waals surface area contributed by atoms with E-state index in [1.165, 1.54) is 0 Å². The zero-order valence-corrected chi connectivity index (χ0v) is 15.8. The summed E-state index contributed by atoms with van der Waals surface area (Å²) in [6.07, 6.45) is 8.90. The van der Waals surface area contributed by atoms with Crippen LogP contribution in [0.1, 0.15) is 47.3 Å². The number of H-pyrrole nitrogens is 1. The molecular weight excluding hydrogens is 340 g/mol. The van der Waals surface area contributed by atoms with E-state index in [0.717, 1.165) is 43.5 Å². The molecule has 1 atom stereocenters. The lowest BCUT2D eigenvalue weighted by Gasteiger charge is -2.48. The quantitative estimate of drug-likeness (QED) is 0.908. The number of pyridine rings is 1. The first-order chi connectivity index (χ1) is 13.0. The van der Waals surface area contributed by atoms with Crippen molar-refractivity contribution in [2.45, 2.75) is 39.2 Å². The first kappa shape index (κ1) is 17.8. The van der Waals surface area contributed by atoms with Gasteiger partial charge in [-0.15, -0.1) is 0 Å². The molecule has 2 aromatic heterocycles. The maximum absolute atomic E-state index is 12.9. The number of nitrogens with one attached hydrogen (secondary N) is 1. The molecule has 4 heterocycles. The van der Waals surface area contributed by atoms with Gasteiger partial charge in [0, 0.05) is 56.6 Å². The predicted octanol–water partition coefficient (Wildman–Crippen LogP) is 2.76. The first-order valence-electron chi connectivity index (χ1n) is 9.66. The Bertz CT molecular complexity index is 832. The van der Waals surface area contributed by atoms with Gasteiger partial charge in [-0.05, 0) is 49.4 Å². The molecular formula is C21H26N4O2. The van der Waals surface area contributed by atoms with Crippen molar-refractivity contribution in [2.24, 2.45) is 5.41 Å². The Morgan fingerprint density at radius 2 is 2.22 bits per heavy atom. The highest BCUT2D eigenvalue weighted by Crippen LogP contribution is 2.39. The second kappa shape index (κ2) is 7.18. The number of carbonyl (C=O) groups excluding carboxylic acids is 2. The van der Waals surface area contributed by atoms with E-state index in [9.17, 15) is 9.59 Å². The van der Waals surface area contributed by atoms with Gasteiger partial charge in [-0.1, -0.05) is 6.07 Å². The average molecular weight is 366 g/mol. The molecule has 1 spiro atoms. The van der Waals surface area contributed by atoms with Crippen LogP contribution >= 0.6 is 0 Å². The van der Waals surface area contributed by atoms with Crippen LogP contribution in [-0.2, 0) is 11.3 Å². The molecule has 0 radical (unpaired) electrons. The van der Waals surface area contributed by atoms with Crippen LogP contribution in [0.25, 0.3) is 0 Å². The minimum absolute atomic E-state index is 0.00562. The molecule has 1 N–H and O–H groups in total. The number of carbonyl (C=O) groups is 2. The lowest BCUT2D eigenvalue weighted by Crippen LogP contribution is -2.54. The first-order valence-corrected chi connectivity index (χ1v) is 9.66. The molecule has 2 aliphatic heterocycles. The van der Waals surface area contributed by atoms with Gasteiger partial charge in [-0.25, -0.2) is 0 Å². The van der Waals surface area contributed by atoms with E-state index in [4.69, 9.17) is 0 Å². The number of hydrogen-bond acceptors (Lipinski definition) is 3. The van der Waals surface area contributed by atoms with Gasteiger partial charge in [0.15, 0.2) is 0 Å². The third-order valence-corrected chi connectivity index (χ3v) is 5.85. The number of aromatic nitrogens is 2. The fraction of sp³-hybridized carbons (Fsp3) is 0.476. The van der Waals surface area contributed by atoms with Crippen LogP contribution in [0.2, 0.25) is 0 Å². The summed E-state index contributed by atoms with van der Waals surface area (Å²) in [4.78, 5) is 36.5. The van der Waals surface area contributed by atoms with Gasteiger partial charge >= 0.3 is 0 Å². The Balaban J connectivity index is 1.48. The largest absolute Gasteiger partial charge is 0.357 e.